The Morgan fingerprint density at radius 2 is 1.83 bits per heavy atom. The molecule has 2 nitrogen and oxygen atoms in total. The summed E-state index contributed by atoms with van der Waals surface area (Å²) in [6.07, 6.45) is 1.34. The summed E-state index contributed by atoms with van der Waals surface area (Å²) in [4.78, 5) is 2.56. The van der Waals surface area contributed by atoms with E-state index in [1.54, 1.807) is 0 Å². The molecule has 0 aromatic carbocycles. The molecule has 0 radical (unpaired) electrons. The minimum absolute atomic E-state index is 0.182. The van der Waals surface area contributed by atoms with E-state index < -0.39 is 0 Å². The summed E-state index contributed by atoms with van der Waals surface area (Å²) in [5.41, 5.74) is 1.93. The number of hydrogen-bond acceptors (Lipinski definition) is 2. The second-order valence-corrected chi connectivity index (χ2v) is 7.94. The molecule has 18 heavy (non-hydrogen) atoms. The van der Waals surface area contributed by atoms with Gasteiger partial charge in [-0.25, -0.2) is 0 Å². The van der Waals surface area contributed by atoms with Crippen molar-refractivity contribution in [1.29, 1.82) is 0 Å². The van der Waals surface area contributed by atoms with Gasteiger partial charge in [-0.15, -0.1) is 0 Å². The topological polar surface area (TPSA) is 15.3 Å². The van der Waals surface area contributed by atoms with Crippen molar-refractivity contribution >= 4 is 0 Å². The highest BCUT2D eigenvalue weighted by molar-refractivity contribution is 5.02. The van der Waals surface area contributed by atoms with Crippen LogP contribution in [-0.4, -0.2) is 36.6 Å². The Morgan fingerprint density at radius 3 is 2.28 bits per heavy atom. The summed E-state index contributed by atoms with van der Waals surface area (Å²) in [5.74, 6) is 0.834. The van der Waals surface area contributed by atoms with Crippen LogP contribution >= 0.6 is 0 Å². The largest absolute Gasteiger partial charge is 0.308 e. The van der Waals surface area contributed by atoms with Gasteiger partial charge in [0.15, 0.2) is 0 Å². The molecule has 0 aromatic rings. The molecule has 1 fully saturated rings. The Bertz CT molecular complexity index is 280. The summed E-state index contributed by atoms with van der Waals surface area (Å²) in [7, 11) is 0. The molecule has 0 aromatic heterocycles. The maximum Gasteiger partial charge on any atom is 0.0202 e. The number of nitrogens with zero attached hydrogens (tertiary/aromatic N) is 1. The van der Waals surface area contributed by atoms with Crippen LogP contribution in [0.4, 0.5) is 0 Å². The van der Waals surface area contributed by atoms with Crippen LogP contribution < -0.4 is 5.32 Å². The predicted molar refractivity (Wildman–Crippen MR) is 80.9 cm³/mol. The van der Waals surface area contributed by atoms with Crippen LogP contribution in [0.25, 0.3) is 0 Å². The molecule has 1 atom stereocenters. The van der Waals surface area contributed by atoms with Crippen LogP contribution in [0.15, 0.2) is 12.2 Å². The normalized spacial score (nSPS) is 22.4. The zero-order chi connectivity index (χ0) is 14.0. The third-order valence-corrected chi connectivity index (χ3v) is 3.81. The molecule has 0 spiro atoms. The van der Waals surface area contributed by atoms with Gasteiger partial charge >= 0.3 is 0 Å². The van der Waals surface area contributed by atoms with Crippen LogP contribution in [0.3, 0.4) is 0 Å². The van der Waals surface area contributed by atoms with Gasteiger partial charge in [-0.3, -0.25) is 4.90 Å². The third kappa shape index (κ3) is 5.53. The molecular formula is C16H32N2. The van der Waals surface area contributed by atoms with Crippen molar-refractivity contribution in [3.63, 3.8) is 0 Å². The van der Waals surface area contributed by atoms with E-state index in [1.807, 2.05) is 0 Å². The number of rotatable bonds is 4. The smallest absolute Gasteiger partial charge is 0.0202 e. The van der Waals surface area contributed by atoms with Gasteiger partial charge < -0.3 is 5.32 Å². The van der Waals surface area contributed by atoms with E-state index in [0.717, 1.165) is 19.0 Å². The molecule has 1 unspecified atom stereocenters. The van der Waals surface area contributed by atoms with Crippen LogP contribution in [-0.2, 0) is 0 Å². The van der Waals surface area contributed by atoms with Gasteiger partial charge in [-0.1, -0.05) is 27.4 Å². The first kappa shape index (κ1) is 15.7. The second kappa shape index (κ2) is 5.75. The zero-order valence-corrected chi connectivity index (χ0v) is 13.3. The van der Waals surface area contributed by atoms with Crippen molar-refractivity contribution < 1.29 is 0 Å². The van der Waals surface area contributed by atoms with Gasteiger partial charge in [-0.2, -0.15) is 0 Å². The van der Waals surface area contributed by atoms with Gasteiger partial charge in [0.2, 0.25) is 0 Å². The van der Waals surface area contributed by atoms with Gasteiger partial charge in [0.1, 0.15) is 0 Å². The highest BCUT2D eigenvalue weighted by atomic mass is 15.1. The number of hydrogen-bond donors (Lipinski definition) is 1. The van der Waals surface area contributed by atoms with Crippen LogP contribution in [0.1, 0.15) is 48.0 Å². The zero-order valence-electron chi connectivity index (χ0n) is 13.3. The Hall–Kier alpha value is -0.340. The summed E-state index contributed by atoms with van der Waals surface area (Å²) in [6.45, 7) is 22.3. The lowest BCUT2D eigenvalue weighted by molar-refractivity contribution is 0.234. The Kier molecular flexibility index (Phi) is 5.02. The molecule has 0 aliphatic carbocycles. The monoisotopic (exact) mass is 252 g/mol. The van der Waals surface area contributed by atoms with Crippen molar-refractivity contribution in [2.24, 2.45) is 11.3 Å². The number of likely N-dealkylation sites (tertiary alicyclic amines) is 1. The lowest BCUT2D eigenvalue weighted by Crippen LogP contribution is -2.38. The molecule has 1 heterocycles. The quantitative estimate of drug-likeness (QED) is 0.772. The maximum absolute atomic E-state index is 4.20. The molecule has 2 heteroatoms. The van der Waals surface area contributed by atoms with Crippen molar-refractivity contribution in [3.05, 3.63) is 12.2 Å². The van der Waals surface area contributed by atoms with E-state index >= 15 is 0 Å². The average molecular weight is 252 g/mol. The van der Waals surface area contributed by atoms with Crippen molar-refractivity contribution in [2.45, 2.75) is 53.5 Å². The van der Waals surface area contributed by atoms with E-state index in [-0.39, 0.29) is 5.54 Å². The summed E-state index contributed by atoms with van der Waals surface area (Å²) < 4.78 is 0. The first-order valence-electron chi connectivity index (χ1n) is 7.22. The molecule has 0 amide bonds. The number of nitrogens with one attached hydrogen (secondary N) is 1. The SMILES string of the molecule is C=C(CNC(C)(C)C)CN1CCC(C(C)(C)C)C1. The molecule has 1 rings (SSSR count). The molecule has 0 saturated carbocycles. The Morgan fingerprint density at radius 1 is 1.22 bits per heavy atom. The second-order valence-electron chi connectivity index (χ2n) is 7.94. The van der Waals surface area contributed by atoms with E-state index in [9.17, 15) is 0 Å². The highest BCUT2D eigenvalue weighted by Gasteiger charge is 2.31. The molecule has 1 N–H and O–H groups in total. The van der Waals surface area contributed by atoms with Crippen LogP contribution in [0.5, 0.6) is 0 Å². The van der Waals surface area contributed by atoms with Crippen molar-refractivity contribution in [3.8, 4) is 0 Å². The summed E-state index contributed by atoms with van der Waals surface area (Å²) in [5, 5.41) is 3.51. The minimum Gasteiger partial charge on any atom is -0.308 e. The fraction of sp³-hybridized carbons (Fsp3) is 0.875. The van der Waals surface area contributed by atoms with Gasteiger partial charge in [0.05, 0.1) is 0 Å². The van der Waals surface area contributed by atoms with Crippen molar-refractivity contribution in [2.75, 3.05) is 26.2 Å². The average Bonchev–Trinajstić information content (AvgIpc) is 2.61. The van der Waals surface area contributed by atoms with Gasteiger partial charge in [-0.05, 0) is 50.6 Å². The van der Waals surface area contributed by atoms with Gasteiger partial charge in [0, 0.05) is 25.2 Å². The molecule has 1 saturated heterocycles. The van der Waals surface area contributed by atoms with E-state index in [2.05, 4.69) is 58.3 Å². The summed E-state index contributed by atoms with van der Waals surface area (Å²) in [6, 6.07) is 0. The molecule has 1 aliphatic heterocycles. The fourth-order valence-electron chi connectivity index (χ4n) is 2.45. The van der Waals surface area contributed by atoms with Crippen molar-refractivity contribution in [1.82, 2.24) is 10.2 Å². The molecule has 1 aliphatic rings. The summed E-state index contributed by atoms with van der Waals surface area (Å²) >= 11 is 0. The Labute approximate surface area is 114 Å². The predicted octanol–water partition coefficient (Wildman–Crippen LogP) is 3.30. The third-order valence-electron chi connectivity index (χ3n) is 3.81. The maximum atomic E-state index is 4.20. The molecule has 0 bridgehead atoms. The highest BCUT2D eigenvalue weighted by Crippen LogP contribution is 2.33. The van der Waals surface area contributed by atoms with Crippen LogP contribution in [0.2, 0.25) is 0 Å². The molecular weight excluding hydrogens is 220 g/mol. The minimum atomic E-state index is 0.182. The van der Waals surface area contributed by atoms with E-state index in [1.165, 1.54) is 25.1 Å². The standard InChI is InChI=1S/C16H32N2/c1-13(10-17-16(5,6)7)11-18-9-8-14(12-18)15(2,3)4/h14,17H,1,8-12H2,2-7H3. The first-order chi connectivity index (χ1) is 8.08. The lowest BCUT2D eigenvalue weighted by Gasteiger charge is -2.27. The van der Waals surface area contributed by atoms with Crippen LogP contribution in [0, 0.1) is 11.3 Å². The Balaban J connectivity index is 2.31. The first-order valence-corrected chi connectivity index (χ1v) is 7.22. The lowest BCUT2D eigenvalue weighted by atomic mass is 9.80. The van der Waals surface area contributed by atoms with E-state index in [0.29, 0.717) is 5.41 Å². The molecule has 106 valence electrons. The fourth-order valence-corrected chi connectivity index (χ4v) is 2.45. The van der Waals surface area contributed by atoms with E-state index in [4.69, 9.17) is 0 Å². The van der Waals surface area contributed by atoms with Gasteiger partial charge in [0.25, 0.3) is 0 Å².